The smallest absolute Gasteiger partial charge is 0.191 e. The summed E-state index contributed by atoms with van der Waals surface area (Å²) in [6.45, 7) is 2.80. The summed E-state index contributed by atoms with van der Waals surface area (Å²) in [5.74, 6) is 1.09. The van der Waals surface area contributed by atoms with E-state index in [9.17, 15) is 12.8 Å². The van der Waals surface area contributed by atoms with Crippen LogP contribution in [0.15, 0.2) is 64.6 Å². The van der Waals surface area contributed by atoms with Gasteiger partial charge in [0.25, 0.3) is 0 Å². The fraction of sp³-hybridized carbons (Fsp3) is 0.300. The van der Waals surface area contributed by atoms with Gasteiger partial charge in [0.2, 0.25) is 0 Å². The molecule has 0 spiro atoms. The van der Waals surface area contributed by atoms with Crippen molar-refractivity contribution >= 4 is 21.6 Å². The molecule has 28 heavy (non-hydrogen) atoms. The molecule has 0 unspecified atom stereocenters. The minimum Gasteiger partial charge on any atom is -0.306 e. The van der Waals surface area contributed by atoms with Crippen LogP contribution in [0, 0.1) is 5.82 Å². The van der Waals surface area contributed by atoms with Gasteiger partial charge < -0.3 is 4.57 Å². The Bertz CT molecular complexity index is 1000. The Morgan fingerprint density at radius 1 is 1.04 bits per heavy atom. The third-order valence-corrected chi connectivity index (χ3v) is 7.15. The number of nitrogens with zero attached hydrogens (tertiary/aromatic N) is 3. The number of hydrogen-bond acceptors (Lipinski definition) is 5. The second-order valence-electron chi connectivity index (χ2n) is 6.28. The SMILES string of the molecule is CCn1c(Cc2ccccc2)nnc1SCCCS(=O)(=O)c1ccc(F)cc1. The van der Waals surface area contributed by atoms with Crippen LogP contribution in [-0.4, -0.2) is 34.7 Å². The third kappa shape index (κ3) is 5.20. The lowest BCUT2D eigenvalue weighted by Gasteiger charge is -2.08. The standard InChI is InChI=1S/C20H22FN3O2S2/c1-2-24-19(15-16-7-4-3-5-8-16)22-23-20(24)27-13-6-14-28(25,26)18-11-9-17(21)10-12-18/h3-5,7-12H,2,6,13-15H2,1H3. The van der Waals surface area contributed by atoms with E-state index in [1.165, 1.54) is 41.6 Å². The van der Waals surface area contributed by atoms with Crippen molar-refractivity contribution in [1.29, 1.82) is 0 Å². The summed E-state index contributed by atoms with van der Waals surface area (Å²) in [4.78, 5) is 0.153. The maximum atomic E-state index is 13.0. The van der Waals surface area contributed by atoms with E-state index in [1.54, 1.807) is 0 Å². The molecule has 5 nitrogen and oxygen atoms in total. The van der Waals surface area contributed by atoms with Gasteiger partial charge >= 0.3 is 0 Å². The largest absolute Gasteiger partial charge is 0.306 e. The topological polar surface area (TPSA) is 64.8 Å². The van der Waals surface area contributed by atoms with Crippen LogP contribution in [0.1, 0.15) is 24.7 Å². The summed E-state index contributed by atoms with van der Waals surface area (Å²) >= 11 is 1.51. The van der Waals surface area contributed by atoms with Crippen LogP contribution in [-0.2, 0) is 22.8 Å². The Balaban J connectivity index is 1.57. The minimum atomic E-state index is -3.41. The second kappa shape index (κ2) is 9.34. The highest BCUT2D eigenvalue weighted by Crippen LogP contribution is 2.21. The van der Waals surface area contributed by atoms with Gasteiger partial charge in [-0.05, 0) is 43.2 Å². The Labute approximate surface area is 168 Å². The van der Waals surface area contributed by atoms with Gasteiger partial charge in [-0.25, -0.2) is 12.8 Å². The van der Waals surface area contributed by atoms with Crippen LogP contribution in [0.25, 0.3) is 0 Å². The zero-order valence-corrected chi connectivity index (χ0v) is 17.2. The third-order valence-electron chi connectivity index (χ3n) is 4.28. The number of aromatic nitrogens is 3. The highest BCUT2D eigenvalue weighted by atomic mass is 32.2. The first-order chi connectivity index (χ1) is 13.5. The fourth-order valence-electron chi connectivity index (χ4n) is 2.82. The van der Waals surface area contributed by atoms with Gasteiger partial charge in [0, 0.05) is 18.7 Å². The molecule has 0 saturated heterocycles. The summed E-state index contributed by atoms with van der Waals surface area (Å²) in [6, 6.07) is 15.0. The molecule has 0 aliphatic heterocycles. The first kappa shape index (κ1) is 20.5. The van der Waals surface area contributed by atoms with Crippen LogP contribution >= 0.6 is 11.8 Å². The van der Waals surface area contributed by atoms with Crippen LogP contribution < -0.4 is 0 Å². The molecule has 1 heterocycles. The van der Waals surface area contributed by atoms with E-state index >= 15 is 0 Å². The Morgan fingerprint density at radius 2 is 1.75 bits per heavy atom. The van der Waals surface area contributed by atoms with Crippen molar-refractivity contribution in [2.24, 2.45) is 0 Å². The molecule has 8 heteroatoms. The lowest BCUT2D eigenvalue weighted by Crippen LogP contribution is -2.08. The monoisotopic (exact) mass is 419 g/mol. The maximum Gasteiger partial charge on any atom is 0.191 e. The van der Waals surface area contributed by atoms with Gasteiger partial charge in [-0.15, -0.1) is 10.2 Å². The predicted molar refractivity (Wildman–Crippen MR) is 109 cm³/mol. The molecule has 0 N–H and O–H groups in total. The molecular formula is C20H22FN3O2S2. The average molecular weight is 420 g/mol. The van der Waals surface area contributed by atoms with Crippen LogP contribution in [0.3, 0.4) is 0 Å². The highest BCUT2D eigenvalue weighted by molar-refractivity contribution is 7.99. The summed E-state index contributed by atoms with van der Waals surface area (Å²) < 4.78 is 39.7. The van der Waals surface area contributed by atoms with Gasteiger partial charge in [-0.2, -0.15) is 0 Å². The Kier molecular flexibility index (Phi) is 6.85. The second-order valence-corrected chi connectivity index (χ2v) is 9.45. The van der Waals surface area contributed by atoms with Crippen molar-refractivity contribution in [2.75, 3.05) is 11.5 Å². The van der Waals surface area contributed by atoms with E-state index in [1.807, 2.05) is 25.1 Å². The van der Waals surface area contributed by atoms with Gasteiger partial charge in [0.1, 0.15) is 11.6 Å². The molecule has 0 amide bonds. The normalized spacial score (nSPS) is 11.6. The predicted octanol–water partition coefficient (Wildman–Crippen LogP) is 3.98. The van der Waals surface area contributed by atoms with Crippen molar-refractivity contribution in [1.82, 2.24) is 14.8 Å². The molecule has 0 atom stereocenters. The van der Waals surface area contributed by atoms with E-state index < -0.39 is 15.7 Å². The summed E-state index contributed by atoms with van der Waals surface area (Å²) in [7, 11) is -3.41. The fourth-order valence-corrected chi connectivity index (χ4v) is 5.28. The van der Waals surface area contributed by atoms with Gasteiger partial charge in [-0.3, -0.25) is 0 Å². The van der Waals surface area contributed by atoms with Gasteiger partial charge in [0.05, 0.1) is 10.6 Å². The van der Waals surface area contributed by atoms with Gasteiger partial charge in [0.15, 0.2) is 15.0 Å². The molecule has 0 bridgehead atoms. The average Bonchev–Trinajstić information content (AvgIpc) is 3.08. The van der Waals surface area contributed by atoms with E-state index in [4.69, 9.17) is 0 Å². The molecule has 0 aliphatic rings. The molecule has 148 valence electrons. The van der Waals surface area contributed by atoms with Crippen molar-refractivity contribution < 1.29 is 12.8 Å². The van der Waals surface area contributed by atoms with Crippen molar-refractivity contribution in [3.63, 3.8) is 0 Å². The zero-order chi connectivity index (χ0) is 20.0. The Hall–Kier alpha value is -2.19. The Morgan fingerprint density at radius 3 is 2.43 bits per heavy atom. The van der Waals surface area contributed by atoms with Crippen LogP contribution in [0.5, 0.6) is 0 Å². The van der Waals surface area contributed by atoms with E-state index in [2.05, 4.69) is 26.9 Å². The number of rotatable bonds is 9. The quantitative estimate of drug-likeness (QED) is 0.298. The number of halogens is 1. The number of hydrogen-bond donors (Lipinski definition) is 0. The number of thioether (sulfide) groups is 1. The molecule has 0 aliphatic carbocycles. The zero-order valence-electron chi connectivity index (χ0n) is 15.6. The maximum absolute atomic E-state index is 13.0. The molecule has 3 rings (SSSR count). The summed E-state index contributed by atoms with van der Waals surface area (Å²) in [5.41, 5.74) is 1.17. The molecule has 0 saturated carbocycles. The molecule has 1 aromatic heterocycles. The van der Waals surface area contributed by atoms with Crippen LogP contribution in [0.2, 0.25) is 0 Å². The van der Waals surface area contributed by atoms with E-state index in [0.717, 1.165) is 17.5 Å². The summed E-state index contributed by atoms with van der Waals surface area (Å²) in [5, 5.41) is 9.37. The molecule has 3 aromatic rings. The van der Waals surface area contributed by atoms with E-state index in [0.29, 0.717) is 18.6 Å². The molecule has 0 radical (unpaired) electrons. The van der Waals surface area contributed by atoms with Crippen molar-refractivity contribution in [3.05, 3.63) is 71.8 Å². The van der Waals surface area contributed by atoms with E-state index in [-0.39, 0.29) is 10.6 Å². The van der Waals surface area contributed by atoms with Crippen LogP contribution in [0.4, 0.5) is 4.39 Å². The first-order valence-electron chi connectivity index (χ1n) is 9.06. The van der Waals surface area contributed by atoms with Crippen molar-refractivity contribution in [2.45, 2.75) is 36.4 Å². The van der Waals surface area contributed by atoms with Crippen molar-refractivity contribution in [3.8, 4) is 0 Å². The molecular weight excluding hydrogens is 397 g/mol. The summed E-state index contributed by atoms with van der Waals surface area (Å²) in [6.07, 6.45) is 1.19. The van der Waals surface area contributed by atoms with Gasteiger partial charge in [-0.1, -0.05) is 42.1 Å². The number of sulfone groups is 1. The number of benzene rings is 2. The molecule has 2 aromatic carbocycles. The minimum absolute atomic E-state index is 0.0166. The molecule has 0 fully saturated rings. The first-order valence-corrected chi connectivity index (χ1v) is 11.7. The lowest BCUT2D eigenvalue weighted by molar-refractivity contribution is 0.593. The lowest BCUT2D eigenvalue weighted by atomic mass is 10.1. The highest BCUT2D eigenvalue weighted by Gasteiger charge is 2.15.